The first-order valence-electron chi connectivity index (χ1n) is 10.9. The minimum atomic E-state index is -0.693. The lowest BCUT2D eigenvalue weighted by Crippen LogP contribution is -2.22. The van der Waals surface area contributed by atoms with Crippen LogP contribution in [0.3, 0.4) is 0 Å². The fourth-order valence-electron chi connectivity index (χ4n) is 3.97. The molecule has 3 aromatic carbocycles. The van der Waals surface area contributed by atoms with Crippen LogP contribution in [0, 0.1) is 5.92 Å². The van der Waals surface area contributed by atoms with Crippen LogP contribution in [-0.4, -0.2) is 34.8 Å². The molecule has 0 spiro atoms. The molecule has 1 heterocycles. The minimum Gasteiger partial charge on any atom is -0.481 e. The van der Waals surface area contributed by atoms with Crippen molar-refractivity contribution in [2.75, 3.05) is 13.1 Å². The van der Waals surface area contributed by atoms with Crippen LogP contribution in [0.1, 0.15) is 30.0 Å². The number of carboxylic acid groups (broad SMARTS) is 1. The topological polar surface area (TPSA) is 62.1 Å². The standard InChI is InChI=1S/C27H28N2O3/c1-20(23-11-7-21(8-12-23)17-29-16-15-26(18-29)27(30)31)28-32-19-22-9-13-25(14-10-22)24-5-3-2-4-6-24/h2-14,26H,15-19H2,1H3,(H,30,31)/b28-20-. The van der Waals surface area contributed by atoms with Crippen LogP contribution < -0.4 is 0 Å². The largest absolute Gasteiger partial charge is 0.481 e. The second-order valence-corrected chi connectivity index (χ2v) is 8.27. The molecule has 32 heavy (non-hydrogen) atoms. The van der Waals surface area contributed by atoms with Gasteiger partial charge in [-0.05, 0) is 47.7 Å². The van der Waals surface area contributed by atoms with E-state index in [1.54, 1.807) is 0 Å². The third kappa shape index (κ3) is 5.62. The summed E-state index contributed by atoms with van der Waals surface area (Å²) in [7, 11) is 0. The number of rotatable bonds is 8. The molecule has 1 unspecified atom stereocenters. The van der Waals surface area contributed by atoms with Gasteiger partial charge in [0.15, 0.2) is 0 Å². The van der Waals surface area contributed by atoms with Gasteiger partial charge in [0.25, 0.3) is 0 Å². The predicted octanol–water partition coefficient (Wildman–Crippen LogP) is 5.20. The molecule has 0 radical (unpaired) electrons. The van der Waals surface area contributed by atoms with Gasteiger partial charge < -0.3 is 9.94 Å². The minimum absolute atomic E-state index is 0.240. The van der Waals surface area contributed by atoms with E-state index in [0.717, 1.165) is 36.3 Å². The summed E-state index contributed by atoms with van der Waals surface area (Å²) in [6.07, 6.45) is 0.728. The number of benzene rings is 3. The molecule has 0 amide bonds. The molecule has 1 aliphatic heterocycles. The van der Waals surface area contributed by atoms with Gasteiger partial charge >= 0.3 is 5.97 Å². The van der Waals surface area contributed by atoms with Gasteiger partial charge in [-0.15, -0.1) is 0 Å². The van der Waals surface area contributed by atoms with E-state index in [-0.39, 0.29) is 5.92 Å². The number of nitrogens with zero attached hydrogens (tertiary/aromatic N) is 2. The van der Waals surface area contributed by atoms with Crippen LogP contribution in [0.4, 0.5) is 0 Å². The Morgan fingerprint density at radius 3 is 2.28 bits per heavy atom. The molecule has 5 heteroatoms. The van der Waals surface area contributed by atoms with E-state index >= 15 is 0 Å². The summed E-state index contributed by atoms with van der Waals surface area (Å²) < 4.78 is 0. The van der Waals surface area contributed by atoms with Crippen LogP contribution in [-0.2, 0) is 22.8 Å². The van der Waals surface area contributed by atoms with E-state index in [1.165, 1.54) is 16.7 Å². The smallest absolute Gasteiger partial charge is 0.307 e. The third-order valence-electron chi connectivity index (χ3n) is 5.89. The Morgan fingerprint density at radius 2 is 1.62 bits per heavy atom. The monoisotopic (exact) mass is 428 g/mol. The van der Waals surface area contributed by atoms with Crippen molar-refractivity contribution >= 4 is 11.7 Å². The summed E-state index contributed by atoms with van der Waals surface area (Å²) in [6, 6.07) is 26.8. The van der Waals surface area contributed by atoms with E-state index in [9.17, 15) is 4.79 Å². The van der Waals surface area contributed by atoms with Crippen molar-refractivity contribution in [2.24, 2.45) is 11.1 Å². The maximum atomic E-state index is 11.1. The highest BCUT2D eigenvalue weighted by Gasteiger charge is 2.27. The van der Waals surface area contributed by atoms with Gasteiger partial charge in [0.1, 0.15) is 6.61 Å². The van der Waals surface area contributed by atoms with Crippen molar-refractivity contribution in [3.8, 4) is 11.1 Å². The summed E-state index contributed by atoms with van der Waals surface area (Å²) in [5, 5.41) is 13.4. The molecule has 1 aliphatic rings. The van der Waals surface area contributed by atoms with Crippen molar-refractivity contribution in [1.29, 1.82) is 0 Å². The summed E-state index contributed by atoms with van der Waals surface area (Å²) in [4.78, 5) is 18.9. The maximum Gasteiger partial charge on any atom is 0.307 e. The zero-order chi connectivity index (χ0) is 22.3. The number of likely N-dealkylation sites (tertiary alicyclic amines) is 1. The maximum absolute atomic E-state index is 11.1. The zero-order valence-electron chi connectivity index (χ0n) is 18.3. The molecule has 1 fully saturated rings. The van der Waals surface area contributed by atoms with Crippen molar-refractivity contribution in [2.45, 2.75) is 26.5 Å². The Balaban J connectivity index is 1.28. The van der Waals surface area contributed by atoms with Gasteiger partial charge in [0, 0.05) is 13.1 Å². The molecule has 0 aliphatic carbocycles. The molecule has 164 valence electrons. The average molecular weight is 429 g/mol. The fourth-order valence-corrected chi connectivity index (χ4v) is 3.97. The molecule has 4 rings (SSSR count). The van der Waals surface area contributed by atoms with Gasteiger partial charge in [0.05, 0.1) is 11.6 Å². The highest BCUT2D eigenvalue weighted by atomic mass is 16.6. The summed E-state index contributed by atoms with van der Waals surface area (Å²) in [5.41, 5.74) is 6.46. The summed E-state index contributed by atoms with van der Waals surface area (Å²) in [5.74, 6) is -0.933. The van der Waals surface area contributed by atoms with E-state index < -0.39 is 5.97 Å². The number of carbonyl (C=O) groups is 1. The van der Waals surface area contributed by atoms with E-state index in [4.69, 9.17) is 9.94 Å². The fraction of sp³-hybridized carbons (Fsp3) is 0.259. The molecular formula is C27H28N2O3. The van der Waals surface area contributed by atoms with Crippen molar-refractivity contribution in [3.63, 3.8) is 0 Å². The number of carboxylic acids is 1. The van der Waals surface area contributed by atoms with Crippen molar-refractivity contribution < 1.29 is 14.7 Å². The summed E-state index contributed by atoms with van der Waals surface area (Å²) >= 11 is 0. The highest BCUT2D eigenvalue weighted by molar-refractivity contribution is 5.98. The highest BCUT2D eigenvalue weighted by Crippen LogP contribution is 2.20. The Bertz CT molecular complexity index is 1060. The summed E-state index contributed by atoms with van der Waals surface area (Å²) in [6.45, 7) is 4.59. The lowest BCUT2D eigenvalue weighted by atomic mass is 10.0. The first-order valence-corrected chi connectivity index (χ1v) is 10.9. The Kier molecular flexibility index (Phi) is 6.97. The second kappa shape index (κ2) is 10.2. The van der Waals surface area contributed by atoms with Crippen LogP contribution >= 0.6 is 0 Å². The number of oxime groups is 1. The molecule has 1 saturated heterocycles. The lowest BCUT2D eigenvalue weighted by Gasteiger charge is -2.15. The van der Waals surface area contributed by atoms with E-state index in [1.807, 2.05) is 37.3 Å². The normalized spacial score (nSPS) is 16.8. The number of hydrogen-bond donors (Lipinski definition) is 1. The van der Waals surface area contributed by atoms with Crippen LogP contribution in [0.5, 0.6) is 0 Å². The number of hydrogen-bond acceptors (Lipinski definition) is 4. The number of aliphatic carboxylic acids is 1. The SMILES string of the molecule is C/C(=N/OCc1ccc(-c2ccccc2)cc1)c1ccc(CN2CCC(C(=O)O)C2)cc1. The molecule has 0 saturated carbocycles. The molecule has 3 aromatic rings. The second-order valence-electron chi connectivity index (χ2n) is 8.27. The van der Waals surface area contributed by atoms with Gasteiger partial charge in [-0.25, -0.2) is 0 Å². The molecule has 1 atom stereocenters. The van der Waals surface area contributed by atoms with Gasteiger partial charge in [-0.2, -0.15) is 0 Å². The van der Waals surface area contributed by atoms with Crippen LogP contribution in [0.25, 0.3) is 11.1 Å². The first-order chi connectivity index (χ1) is 15.6. The first kappa shape index (κ1) is 21.8. The van der Waals surface area contributed by atoms with Crippen molar-refractivity contribution in [1.82, 2.24) is 4.90 Å². The van der Waals surface area contributed by atoms with Gasteiger partial charge in [-0.1, -0.05) is 84.0 Å². The molecule has 0 bridgehead atoms. The van der Waals surface area contributed by atoms with Gasteiger partial charge in [0.2, 0.25) is 0 Å². The zero-order valence-corrected chi connectivity index (χ0v) is 18.3. The van der Waals surface area contributed by atoms with Crippen LogP contribution in [0.15, 0.2) is 84.0 Å². The van der Waals surface area contributed by atoms with Crippen LogP contribution in [0.2, 0.25) is 0 Å². The van der Waals surface area contributed by atoms with E-state index in [0.29, 0.717) is 13.2 Å². The quantitative estimate of drug-likeness (QED) is 0.396. The lowest BCUT2D eigenvalue weighted by molar-refractivity contribution is -0.141. The molecule has 0 aromatic heterocycles. The molecular weight excluding hydrogens is 400 g/mol. The average Bonchev–Trinajstić information content (AvgIpc) is 3.29. The Hall–Kier alpha value is -3.44. The van der Waals surface area contributed by atoms with Gasteiger partial charge in [-0.3, -0.25) is 9.69 Å². The molecule has 1 N–H and O–H groups in total. The third-order valence-corrected chi connectivity index (χ3v) is 5.89. The van der Waals surface area contributed by atoms with E-state index in [2.05, 4.69) is 58.6 Å². The predicted molar refractivity (Wildman–Crippen MR) is 126 cm³/mol. The van der Waals surface area contributed by atoms with Crippen molar-refractivity contribution in [3.05, 3.63) is 95.6 Å². The Labute approximate surface area is 189 Å². The Morgan fingerprint density at radius 1 is 0.969 bits per heavy atom. The molecule has 5 nitrogen and oxygen atoms in total.